The van der Waals surface area contributed by atoms with E-state index in [2.05, 4.69) is 68.4 Å². The first-order valence-electron chi connectivity index (χ1n) is 21.8. The summed E-state index contributed by atoms with van der Waals surface area (Å²) in [7, 11) is 0. The molecular formula is C48H76N2O4. The largest absolute Gasteiger partial charge is 0.398 e. The number of carbonyl (C=O) groups excluding carboxylic acids is 3. The Morgan fingerprint density at radius 2 is 1.43 bits per heavy atom. The number of pyridine rings is 1. The number of nitrogen functional groups attached to an aromatic ring is 1. The Morgan fingerprint density at radius 3 is 2.04 bits per heavy atom. The molecule has 5 rings (SSSR count). The lowest BCUT2D eigenvalue weighted by molar-refractivity contribution is -0.212. The van der Waals surface area contributed by atoms with E-state index in [0.29, 0.717) is 42.9 Å². The monoisotopic (exact) mass is 745 g/mol. The Labute approximate surface area is 328 Å². The van der Waals surface area contributed by atoms with Gasteiger partial charge in [-0.3, -0.25) is 19.4 Å². The Morgan fingerprint density at radius 1 is 0.833 bits per heavy atom. The van der Waals surface area contributed by atoms with Gasteiger partial charge in [-0.15, -0.1) is 0 Å². The molecular weight excluding hydrogens is 669 g/mol. The maximum atomic E-state index is 15.1. The lowest BCUT2D eigenvalue weighted by atomic mass is 9.35. The van der Waals surface area contributed by atoms with E-state index >= 15 is 4.79 Å². The van der Waals surface area contributed by atoms with Crippen molar-refractivity contribution in [2.24, 2.45) is 57.7 Å². The third-order valence-electron chi connectivity index (χ3n) is 13.7. The summed E-state index contributed by atoms with van der Waals surface area (Å²) in [5.41, 5.74) is 7.35. The van der Waals surface area contributed by atoms with Crippen LogP contribution in [0.3, 0.4) is 0 Å². The molecule has 0 aliphatic heterocycles. The first-order chi connectivity index (χ1) is 25.3. The second-order valence-electron chi connectivity index (χ2n) is 19.8. The molecule has 6 nitrogen and oxygen atoms in total. The lowest BCUT2D eigenvalue weighted by Crippen LogP contribution is -2.76. The highest BCUT2D eigenvalue weighted by molar-refractivity contribution is 6.22. The van der Waals surface area contributed by atoms with Crippen molar-refractivity contribution in [3.63, 3.8) is 0 Å². The molecule has 0 spiro atoms. The van der Waals surface area contributed by atoms with Gasteiger partial charge in [0.1, 0.15) is 5.41 Å². The number of nitrogens with zero attached hydrogens (tertiary/aromatic N) is 1. The molecule has 0 radical (unpaired) electrons. The molecule has 1 heterocycles. The van der Waals surface area contributed by atoms with Crippen LogP contribution in [-0.4, -0.2) is 33.5 Å². The van der Waals surface area contributed by atoms with Crippen molar-refractivity contribution in [2.45, 2.75) is 172 Å². The molecule has 1 aromatic heterocycles. The van der Waals surface area contributed by atoms with Crippen molar-refractivity contribution in [2.75, 3.05) is 5.73 Å². The highest BCUT2D eigenvalue weighted by Crippen LogP contribution is 2.68. The molecule has 2 aromatic rings. The maximum absolute atomic E-state index is 15.1. The zero-order valence-corrected chi connectivity index (χ0v) is 36.0. The molecule has 2 unspecified atom stereocenters. The zero-order valence-electron chi connectivity index (χ0n) is 36.0. The fraction of sp³-hybridized carbons (Fsp3) is 0.750. The SMILES string of the molecule is CC(C)CCC[C@@]1(C)[C@H](CCC(C)C)C[C@@]2(CCC(C)C)C(=O)C(CCC(C)C)C(O)[C@]1(C(=O)C(C)C)C2=O.Nc1c2c(nc3ccccc13)CCCC2. The third-order valence-corrected chi connectivity index (χ3v) is 13.7. The smallest absolute Gasteiger partial charge is 0.163 e. The van der Waals surface area contributed by atoms with Gasteiger partial charge in [0, 0.05) is 28.6 Å². The summed E-state index contributed by atoms with van der Waals surface area (Å²) >= 11 is 0. The van der Waals surface area contributed by atoms with Gasteiger partial charge >= 0.3 is 0 Å². The molecule has 2 bridgehead atoms. The Hall–Kier alpha value is -2.60. The second-order valence-corrected chi connectivity index (χ2v) is 19.8. The minimum Gasteiger partial charge on any atom is -0.398 e. The van der Waals surface area contributed by atoms with Crippen molar-refractivity contribution < 1.29 is 19.5 Å². The van der Waals surface area contributed by atoms with Crippen molar-refractivity contribution in [3.05, 3.63) is 35.5 Å². The number of ketones is 3. The summed E-state index contributed by atoms with van der Waals surface area (Å²) in [6.45, 7) is 23.3. The van der Waals surface area contributed by atoms with Gasteiger partial charge in [-0.25, -0.2) is 0 Å². The van der Waals surface area contributed by atoms with Crippen molar-refractivity contribution in [3.8, 4) is 0 Å². The normalized spacial score (nSPS) is 28.3. The zero-order chi connectivity index (χ0) is 40.2. The van der Waals surface area contributed by atoms with E-state index < -0.39 is 34.2 Å². The van der Waals surface area contributed by atoms with E-state index in [0.717, 1.165) is 74.4 Å². The van der Waals surface area contributed by atoms with Crippen molar-refractivity contribution >= 4 is 33.9 Å². The van der Waals surface area contributed by atoms with Crippen LogP contribution >= 0.6 is 0 Å². The highest BCUT2D eigenvalue weighted by atomic mass is 16.3. The van der Waals surface area contributed by atoms with E-state index in [-0.39, 0.29) is 23.3 Å². The van der Waals surface area contributed by atoms with Gasteiger partial charge in [-0.05, 0) is 111 Å². The number of anilines is 1. The molecule has 3 aliphatic carbocycles. The fourth-order valence-corrected chi connectivity index (χ4v) is 10.5. The Balaban J connectivity index is 0.000000354. The van der Waals surface area contributed by atoms with Gasteiger partial charge < -0.3 is 10.8 Å². The molecule has 0 saturated heterocycles. The predicted octanol–water partition coefficient (Wildman–Crippen LogP) is 11.2. The number of aliphatic hydroxyl groups is 1. The third kappa shape index (κ3) is 8.54. The van der Waals surface area contributed by atoms with E-state index in [1.54, 1.807) is 0 Å². The van der Waals surface area contributed by atoms with Gasteiger partial charge in [-0.1, -0.05) is 120 Å². The van der Waals surface area contributed by atoms with Gasteiger partial charge in [0.15, 0.2) is 17.3 Å². The van der Waals surface area contributed by atoms with Gasteiger partial charge in [-0.2, -0.15) is 0 Å². The average Bonchev–Trinajstić information content (AvgIpc) is 3.10. The molecule has 1 aromatic carbocycles. The van der Waals surface area contributed by atoms with E-state index in [9.17, 15) is 14.7 Å². The quantitative estimate of drug-likeness (QED) is 0.176. The van der Waals surface area contributed by atoms with E-state index in [4.69, 9.17) is 10.7 Å². The number of aryl methyl sites for hydroxylation is 1. The molecule has 3 aliphatic rings. The number of rotatable bonds is 15. The number of aromatic nitrogens is 1. The van der Waals surface area contributed by atoms with Gasteiger partial charge in [0.2, 0.25) is 0 Å². The summed E-state index contributed by atoms with van der Waals surface area (Å²) in [5.74, 6) is 0.334. The summed E-state index contributed by atoms with van der Waals surface area (Å²) in [4.78, 5) is 49.0. The van der Waals surface area contributed by atoms with Gasteiger partial charge in [0.05, 0.1) is 17.0 Å². The molecule has 3 N–H and O–H groups in total. The number of carbonyl (C=O) groups is 3. The minimum atomic E-state index is -1.52. The number of hydrogen-bond donors (Lipinski definition) is 2. The summed E-state index contributed by atoms with van der Waals surface area (Å²) in [5, 5.41) is 13.5. The lowest BCUT2D eigenvalue weighted by Gasteiger charge is -2.65. The first-order valence-corrected chi connectivity index (χ1v) is 21.8. The summed E-state index contributed by atoms with van der Waals surface area (Å²) < 4.78 is 0. The Kier molecular flexibility index (Phi) is 14.8. The number of para-hydroxylation sites is 1. The maximum Gasteiger partial charge on any atom is 0.163 e. The predicted molar refractivity (Wildman–Crippen MR) is 224 cm³/mol. The number of hydrogen-bond acceptors (Lipinski definition) is 6. The van der Waals surface area contributed by atoms with Crippen LogP contribution in [0, 0.1) is 57.7 Å². The number of Topliss-reactive ketones (excluding diaryl/α,β-unsaturated/α-hetero) is 3. The van der Waals surface area contributed by atoms with Crippen LogP contribution in [0.5, 0.6) is 0 Å². The van der Waals surface area contributed by atoms with Crippen molar-refractivity contribution in [1.29, 1.82) is 0 Å². The topological polar surface area (TPSA) is 110 Å². The van der Waals surface area contributed by atoms with Crippen LogP contribution < -0.4 is 5.73 Å². The number of aliphatic hydroxyl groups excluding tert-OH is 1. The van der Waals surface area contributed by atoms with Crippen LogP contribution in [-0.2, 0) is 27.2 Å². The number of nitrogens with two attached hydrogens (primary N) is 1. The molecule has 6 heteroatoms. The van der Waals surface area contributed by atoms with Crippen LogP contribution in [0.4, 0.5) is 5.69 Å². The van der Waals surface area contributed by atoms with Gasteiger partial charge in [0.25, 0.3) is 0 Å². The fourth-order valence-electron chi connectivity index (χ4n) is 10.5. The molecule has 0 amide bonds. The summed E-state index contributed by atoms with van der Waals surface area (Å²) in [6, 6.07) is 8.15. The van der Waals surface area contributed by atoms with E-state index in [1.165, 1.54) is 24.1 Å². The molecule has 2 saturated carbocycles. The first kappa shape index (κ1) is 44.1. The highest BCUT2D eigenvalue weighted by Gasteiger charge is 2.77. The number of benzene rings is 1. The average molecular weight is 745 g/mol. The molecule has 54 heavy (non-hydrogen) atoms. The van der Waals surface area contributed by atoms with Crippen LogP contribution in [0.1, 0.15) is 164 Å². The molecule has 2 fully saturated rings. The van der Waals surface area contributed by atoms with Crippen LogP contribution in [0.25, 0.3) is 10.9 Å². The molecule has 302 valence electrons. The second kappa shape index (κ2) is 18.1. The van der Waals surface area contributed by atoms with E-state index in [1.807, 2.05) is 32.0 Å². The van der Waals surface area contributed by atoms with Crippen LogP contribution in [0.2, 0.25) is 0 Å². The number of fused-ring (bicyclic) bond motifs is 4. The summed E-state index contributed by atoms with van der Waals surface area (Å²) in [6.07, 6.45) is 11.2. The molecule has 6 atom stereocenters. The van der Waals surface area contributed by atoms with Crippen molar-refractivity contribution in [1.82, 2.24) is 4.98 Å². The standard InChI is InChI=1S/C35H62O4.C13H14N2/c1-22(2)13-12-19-33(11)27(16-14-23(3)4)21-34(20-18-25(7)8)30(37)28(17-15-24(5)6)31(38)35(33,32(34)39)29(36)26(9)10;14-13-9-5-1-3-7-11(9)15-12-8-4-2-6-10(12)13/h22-28,31,38H,12-21H2,1-11H3;1,3,5,7H,2,4,6,8H2,(H2,14,15)/t27-,28?,31?,33+,34+,35-;/m1./s1. The minimum absolute atomic E-state index is 0.0456. The Bertz CT molecular complexity index is 1610. The van der Waals surface area contributed by atoms with Crippen LogP contribution in [0.15, 0.2) is 24.3 Å².